The number of anilines is 1. The predicted octanol–water partition coefficient (Wildman–Crippen LogP) is 1.31. The van der Waals surface area contributed by atoms with Gasteiger partial charge < -0.3 is 14.7 Å². The molecule has 21 heavy (non-hydrogen) atoms. The van der Waals surface area contributed by atoms with Crippen molar-refractivity contribution in [3.63, 3.8) is 0 Å². The van der Waals surface area contributed by atoms with E-state index in [1.54, 1.807) is 18.5 Å². The van der Waals surface area contributed by atoms with Crippen molar-refractivity contribution in [1.82, 2.24) is 15.0 Å². The highest BCUT2D eigenvalue weighted by Crippen LogP contribution is 2.18. The number of phenolic OH excluding ortho intramolecular Hbond substituents is 1. The van der Waals surface area contributed by atoms with Crippen LogP contribution in [-0.2, 0) is 11.2 Å². The minimum atomic E-state index is 0.262. The summed E-state index contributed by atoms with van der Waals surface area (Å²) in [5.74, 6) is 1.67. The van der Waals surface area contributed by atoms with Crippen LogP contribution in [0.15, 0.2) is 24.5 Å². The zero-order valence-corrected chi connectivity index (χ0v) is 12.0. The van der Waals surface area contributed by atoms with Crippen LogP contribution in [0, 0.1) is 6.92 Å². The molecule has 0 spiro atoms. The van der Waals surface area contributed by atoms with Gasteiger partial charge in [-0.25, -0.2) is 9.97 Å². The second-order valence-corrected chi connectivity index (χ2v) is 5.09. The third kappa shape index (κ3) is 3.28. The quantitative estimate of drug-likeness (QED) is 0.917. The molecule has 1 fully saturated rings. The summed E-state index contributed by atoms with van der Waals surface area (Å²) in [6.45, 7) is 5.02. The number of phenols is 1. The molecule has 0 bridgehead atoms. The lowest BCUT2D eigenvalue weighted by atomic mass is 10.1. The van der Waals surface area contributed by atoms with Crippen molar-refractivity contribution in [1.29, 1.82) is 0 Å². The largest absolute Gasteiger partial charge is 0.508 e. The minimum absolute atomic E-state index is 0.262. The molecular formula is C15H18N4O2. The molecule has 2 heterocycles. The number of benzene rings is 1. The summed E-state index contributed by atoms with van der Waals surface area (Å²) < 4.78 is 5.34. The van der Waals surface area contributed by atoms with E-state index in [2.05, 4.69) is 19.9 Å². The molecule has 6 nitrogen and oxygen atoms in total. The van der Waals surface area contributed by atoms with Gasteiger partial charge in [0, 0.05) is 19.5 Å². The molecule has 0 radical (unpaired) electrons. The molecule has 3 rings (SSSR count). The molecule has 1 aromatic heterocycles. The summed E-state index contributed by atoms with van der Waals surface area (Å²) in [6, 6.07) is 5.34. The Kier molecular flexibility index (Phi) is 3.96. The van der Waals surface area contributed by atoms with Crippen molar-refractivity contribution >= 4 is 5.95 Å². The molecule has 110 valence electrons. The number of aromatic hydroxyl groups is 1. The fourth-order valence-electron chi connectivity index (χ4n) is 2.34. The van der Waals surface area contributed by atoms with Gasteiger partial charge in [-0.3, -0.25) is 0 Å². The van der Waals surface area contributed by atoms with E-state index in [0.29, 0.717) is 31.4 Å². The maximum absolute atomic E-state index is 9.60. The lowest BCUT2D eigenvalue weighted by Gasteiger charge is -2.26. The predicted molar refractivity (Wildman–Crippen MR) is 78.5 cm³/mol. The Morgan fingerprint density at radius 3 is 2.86 bits per heavy atom. The van der Waals surface area contributed by atoms with Crippen LogP contribution in [0.4, 0.5) is 5.95 Å². The standard InChI is InChI=1S/C15H18N4O2/c1-11-2-3-13(20)8-12(11)9-14-16-10-17-15(18-14)19-4-6-21-7-5-19/h2-3,8,10,20H,4-7,9H2,1H3. The topological polar surface area (TPSA) is 71.4 Å². The third-order valence-electron chi connectivity index (χ3n) is 3.58. The zero-order valence-electron chi connectivity index (χ0n) is 12.0. The first-order valence-electron chi connectivity index (χ1n) is 7.01. The normalized spacial score (nSPS) is 15.2. The summed E-state index contributed by atoms with van der Waals surface area (Å²) >= 11 is 0. The van der Waals surface area contributed by atoms with E-state index in [1.807, 2.05) is 13.0 Å². The van der Waals surface area contributed by atoms with Crippen LogP contribution in [0.1, 0.15) is 17.0 Å². The van der Waals surface area contributed by atoms with Crippen LogP contribution in [0.25, 0.3) is 0 Å². The number of ether oxygens (including phenoxy) is 1. The molecule has 0 aliphatic carbocycles. The number of hydrogen-bond acceptors (Lipinski definition) is 6. The van der Waals surface area contributed by atoms with Gasteiger partial charge in [-0.2, -0.15) is 4.98 Å². The van der Waals surface area contributed by atoms with Crippen molar-refractivity contribution in [3.8, 4) is 5.75 Å². The molecule has 1 N–H and O–H groups in total. The van der Waals surface area contributed by atoms with Gasteiger partial charge >= 0.3 is 0 Å². The second-order valence-electron chi connectivity index (χ2n) is 5.09. The van der Waals surface area contributed by atoms with Crippen molar-refractivity contribution < 1.29 is 9.84 Å². The summed E-state index contributed by atoms with van der Waals surface area (Å²) in [5.41, 5.74) is 2.13. The fraction of sp³-hybridized carbons (Fsp3) is 0.400. The third-order valence-corrected chi connectivity index (χ3v) is 3.58. The highest BCUT2D eigenvalue weighted by molar-refractivity contribution is 5.36. The monoisotopic (exact) mass is 286 g/mol. The van der Waals surface area contributed by atoms with E-state index < -0.39 is 0 Å². The Labute approximate surface area is 123 Å². The number of rotatable bonds is 3. The van der Waals surface area contributed by atoms with Crippen LogP contribution in [0.3, 0.4) is 0 Å². The van der Waals surface area contributed by atoms with Gasteiger partial charge in [-0.15, -0.1) is 0 Å². The molecule has 1 aliphatic rings. The Bertz CT molecular complexity index is 627. The van der Waals surface area contributed by atoms with Gasteiger partial charge in [0.1, 0.15) is 17.9 Å². The Morgan fingerprint density at radius 1 is 1.24 bits per heavy atom. The second kappa shape index (κ2) is 6.05. The van der Waals surface area contributed by atoms with Crippen LogP contribution in [0.5, 0.6) is 5.75 Å². The van der Waals surface area contributed by atoms with Gasteiger partial charge in [0.25, 0.3) is 0 Å². The van der Waals surface area contributed by atoms with E-state index in [1.165, 1.54) is 0 Å². The maximum atomic E-state index is 9.60. The van der Waals surface area contributed by atoms with Crippen molar-refractivity contribution in [3.05, 3.63) is 41.5 Å². The number of aryl methyl sites for hydroxylation is 1. The first-order valence-corrected chi connectivity index (χ1v) is 7.01. The lowest BCUT2D eigenvalue weighted by molar-refractivity contribution is 0.122. The van der Waals surface area contributed by atoms with Gasteiger partial charge in [-0.1, -0.05) is 6.07 Å². The molecule has 0 atom stereocenters. The lowest BCUT2D eigenvalue weighted by Crippen LogP contribution is -2.37. The summed E-state index contributed by atoms with van der Waals surface area (Å²) in [4.78, 5) is 15.1. The highest BCUT2D eigenvalue weighted by atomic mass is 16.5. The van der Waals surface area contributed by atoms with Crippen LogP contribution in [-0.4, -0.2) is 46.4 Å². The van der Waals surface area contributed by atoms with Crippen molar-refractivity contribution in [2.45, 2.75) is 13.3 Å². The molecule has 0 amide bonds. The average molecular weight is 286 g/mol. The molecule has 1 saturated heterocycles. The van der Waals surface area contributed by atoms with Crippen LogP contribution in [0.2, 0.25) is 0 Å². The number of hydrogen-bond donors (Lipinski definition) is 1. The Morgan fingerprint density at radius 2 is 2.05 bits per heavy atom. The Hall–Kier alpha value is -2.21. The maximum Gasteiger partial charge on any atom is 0.228 e. The molecule has 1 aliphatic heterocycles. The first kappa shape index (κ1) is 13.8. The van der Waals surface area contributed by atoms with Crippen LogP contribution < -0.4 is 4.90 Å². The molecule has 1 aromatic carbocycles. The van der Waals surface area contributed by atoms with Crippen LogP contribution >= 0.6 is 0 Å². The minimum Gasteiger partial charge on any atom is -0.508 e. The van der Waals surface area contributed by atoms with Crippen molar-refractivity contribution in [2.24, 2.45) is 0 Å². The fourth-order valence-corrected chi connectivity index (χ4v) is 2.34. The first-order chi connectivity index (χ1) is 10.2. The SMILES string of the molecule is Cc1ccc(O)cc1Cc1ncnc(N2CCOCC2)n1. The highest BCUT2D eigenvalue weighted by Gasteiger charge is 2.14. The van der Waals surface area contributed by atoms with Gasteiger partial charge in [0.2, 0.25) is 5.95 Å². The van der Waals surface area contributed by atoms with Gasteiger partial charge in [0.05, 0.1) is 13.2 Å². The zero-order chi connectivity index (χ0) is 14.7. The molecule has 6 heteroatoms. The number of aromatic nitrogens is 3. The molecule has 0 unspecified atom stereocenters. The Balaban J connectivity index is 1.81. The summed E-state index contributed by atoms with van der Waals surface area (Å²) in [5, 5.41) is 9.60. The molecule has 2 aromatic rings. The van der Waals surface area contributed by atoms with Crippen molar-refractivity contribution in [2.75, 3.05) is 31.2 Å². The van der Waals surface area contributed by atoms with E-state index in [-0.39, 0.29) is 5.75 Å². The molecular weight excluding hydrogens is 268 g/mol. The van der Waals surface area contributed by atoms with Gasteiger partial charge in [-0.05, 0) is 30.2 Å². The van der Waals surface area contributed by atoms with E-state index in [4.69, 9.17) is 4.74 Å². The van der Waals surface area contributed by atoms with E-state index >= 15 is 0 Å². The van der Waals surface area contributed by atoms with E-state index in [0.717, 1.165) is 24.2 Å². The molecule has 0 saturated carbocycles. The summed E-state index contributed by atoms with van der Waals surface area (Å²) in [7, 11) is 0. The smallest absolute Gasteiger partial charge is 0.228 e. The average Bonchev–Trinajstić information content (AvgIpc) is 2.52. The number of morpholine rings is 1. The van der Waals surface area contributed by atoms with Gasteiger partial charge in [0.15, 0.2) is 0 Å². The van der Waals surface area contributed by atoms with E-state index in [9.17, 15) is 5.11 Å². The number of nitrogens with zero attached hydrogens (tertiary/aromatic N) is 4. The summed E-state index contributed by atoms with van der Waals surface area (Å²) in [6.07, 6.45) is 2.13.